The molecular formula is C15H20N4O. The van der Waals surface area contributed by atoms with Crippen molar-refractivity contribution in [2.24, 2.45) is 5.92 Å². The molecule has 1 amide bonds. The number of aromatic nitrogens is 3. The number of nitrogens with zero attached hydrogens (tertiary/aromatic N) is 3. The summed E-state index contributed by atoms with van der Waals surface area (Å²) in [6.07, 6.45) is 8.21. The zero-order valence-corrected chi connectivity index (χ0v) is 11.9. The van der Waals surface area contributed by atoms with E-state index in [9.17, 15) is 4.79 Å². The summed E-state index contributed by atoms with van der Waals surface area (Å²) in [7, 11) is 0. The molecule has 0 saturated carbocycles. The Morgan fingerprint density at radius 1 is 1.45 bits per heavy atom. The van der Waals surface area contributed by atoms with E-state index in [2.05, 4.69) is 22.3 Å². The van der Waals surface area contributed by atoms with Gasteiger partial charge in [-0.25, -0.2) is 9.67 Å². The smallest absolute Gasteiger partial charge is 0.227 e. The molecule has 5 nitrogen and oxygen atoms in total. The highest BCUT2D eigenvalue weighted by Crippen LogP contribution is 2.13. The van der Waals surface area contributed by atoms with Crippen molar-refractivity contribution in [3.63, 3.8) is 0 Å². The average molecular weight is 272 g/mol. The van der Waals surface area contributed by atoms with Gasteiger partial charge in [0.25, 0.3) is 0 Å². The summed E-state index contributed by atoms with van der Waals surface area (Å²) in [6, 6.07) is 5.61. The van der Waals surface area contributed by atoms with Crippen LogP contribution >= 0.6 is 0 Å². The lowest BCUT2D eigenvalue weighted by Gasteiger charge is -2.09. The van der Waals surface area contributed by atoms with E-state index < -0.39 is 0 Å². The van der Waals surface area contributed by atoms with Gasteiger partial charge in [-0.15, -0.1) is 0 Å². The number of amides is 1. The van der Waals surface area contributed by atoms with Gasteiger partial charge < -0.3 is 5.32 Å². The molecular weight excluding hydrogens is 252 g/mol. The van der Waals surface area contributed by atoms with Gasteiger partial charge in [-0.1, -0.05) is 32.8 Å². The maximum Gasteiger partial charge on any atom is 0.227 e. The van der Waals surface area contributed by atoms with Gasteiger partial charge in [0.15, 0.2) is 5.82 Å². The fraction of sp³-hybridized carbons (Fsp3) is 0.400. The fourth-order valence-electron chi connectivity index (χ4n) is 1.91. The zero-order chi connectivity index (χ0) is 14.4. The van der Waals surface area contributed by atoms with Crippen molar-refractivity contribution in [1.29, 1.82) is 0 Å². The number of hydrogen-bond donors (Lipinski definition) is 1. The Labute approximate surface area is 119 Å². The van der Waals surface area contributed by atoms with Crippen LogP contribution in [0.5, 0.6) is 0 Å². The standard InChI is InChI=1S/C15H20N4O/c1-3-4-7-12(2)15(20)18-13-10-17-19(11-13)14-8-5-6-9-16-14/h5-6,8-12H,3-4,7H2,1-2H3,(H,18,20)/t12-/m0/s1. The summed E-state index contributed by atoms with van der Waals surface area (Å²) in [5.41, 5.74) is 0.698. The highest BCUT2D eigenvalue weighted by atomic mass is 16.1. The van der Waals surface area contributed by atoms with Gasteiger partial charge in [0, 0.05) is 12.1 Å². The van der Waals surface area contributed by atoms with Crippen LogP contribution in [0.3, 0.4) is 0 Å². The Bertz CT molecular complexity index is 550. The van der Waals surface area contributed by atoms with E-state index >= 15 is 0 Å². The van der Waals surface area contributed by atoms with E-state index in [1.807, 2.05) is 25.1 Å². The largest absolute Gasteiger partial charge is 0.323 e. The summed E-state index contributed by atoms with van der Waals surface area (Å²) in [6.45, 7) is 4.08. The normalized spacial score (nSPS) is 12.1. The molecule has 2 aromatic heterocycles. The molecule has 1 atom stereocenters. The predicted octanol–water partition coefficient (Wildman–Crippen LogP) is 3.03. The monoisotopic (exact) mass is 272 g/mol. The summed E-state index contributed by atoms with van der Waals surface area (Å²) in [4.78, 5) is 16.2. The van der Waals surface area contributed by atoms with Crippen molar-refractivity contribution < 1.29 is 4.79 Å². The second kappa shape index (κ2) is 6.84. The van der Waals surface area contributed by atoms with E-state index in [0.29, 0.717) is 5.69 Å². The Morgan fingerprint density at radius 3 is 3.00 bits per heavy atom. The van der Waals surface area contributed by atoms with Gasteiger partial charge in [0.05, 0.1) is 18.1 Å². The Morgan fingerprint density at radius 2 is 2.30 bits per heavy atom. The van der Waals surface area contributed by atoms with E-state index in [4.69, 9.17) is 0 Å². The van der Waals surface area contributed by atoms with Crippen molar-refractivity contribution in [3.05, 3.63) is 36.8 Å². The quantitative estimate of drug-likeness (QED) is 0.879. The maximum atomic E-state index is 12.0. The van der Waals surface area contributed by atoms with Crippen molar-refractivity contribution >= 4 is 11.6 Å². The lowest BCUT2D eigenvalue weighted by molar-refractivity contribution is -0.119. The second-order valence-corrected chi connectivity index (χ2v) is 4.89. The van der Waals surface area contributed by atoms with Gasteiger partial charge in [0.1, 0.15) is 0 Å². The van der Waals surface area contributed by atoms with Crippen LogP contribution in [0.1, 0.15) is 33.1 Å². The average Bonchev–Trinajstić information content (AvgIpc) is 2.94. The fourth-order valence-corrected chi connectivity index (χ4v) is 1.91. The molecule has 0 aliphatic rings. The topological polar surface area (TPSA) is 59.8 Å². The zero-order valence-electron chi connectivity index (χ0n) is 11.9. The third kappa shape index (κ3) is 3.66. The molecule has 0 unspecified atom stereocenters. The van der Waals surface area contributed by atoms with Crippen molar-refractivity contribution in [2.75, 3.05) is 5.32 Å². The van der Waals surface area contributed by atoms with E-state index in [0.717, 1.165) is 25.1 Å². The Kier molecular flexibility index (Phi) is 4.87. The van der Waals surface area contributed by atoms with Crippen LogP contribution in [0.25, 0.3) is 5.82 Å². The summed E-state index contributed by atoms with van der Waals surface area (Å²) < 4.78 is 1.65. The first-order valence-electron chi connectivity index (χ1n) is 6.97. The van der Waals surface area contributed by atoms with Crippen LogP contribution in [0, 0.1) is 5.92 Å². The van der Waals surface area contributed by atoms with Crippen LogP contribution in [0.4, 0.5) is 5.69 Å². The number of carbonyl (C=O) groups excluding carboxylic acids is 1. The highest BCUT2D eigenvalue weighted by Gasteiger charge is 2.13. The van der Waals surface area contributed by atoms with Crippen molar-refractivity contribution in [1.82, 2.24) is 14.8 Å². The SMILES string of the molecule is CCCC[C@H](C)C(=O)Nc1cnn(-c2ccccn2)c1. The number of carbonyl (C=O) groups is 1. The first-order valence-corrected chi connectivity index (χ1v) is 6.97. The van der Waals surface area contributed by atoms with Gasteiger partial charge in [-0.05, 0) is 18.6 Å². The molecule has 1 N–H and O–H groups in total. The van der Waals surface area contributed by atoms with E-state index in [1.165, 1.54) is 0 Å². The maximum absolute atomic E-state index is 12.0. The predicted molar refractivity (Wildman–Crippen MR) is 78.7 cm³/mol. The third-order valence-electron chi connectivity index (χ3n) is 3.17. The molecule has 0 aliphatic carbocycles. The molecule has 0 saturated heterocycles. The molecule has 0 bridgehead atoms. The molecule has 106 valence electrons. The first-order chi connectivity index (χ1) is 9.70. The van der Waals surface area contributed by atoms with Gasteiger partial charge in [-0.3, -0.25) is 4.79 Å². The molecule has 2 rings (SSSR count). The molecule has 2 heterocycles. The lowest BCUT2D eigenvalue weighted by Crippen LogP contribution is -2.20. The van der Waals surface area contributed by atoms with Crippen molar-refractivity contribution in [3.8, 4) is 5.82 Å². The number of hydrogen-bond acceptors (Lipinski definition) is 3. The molecule has 0 radical (unpaired) electrons. The number of anilines is 1. The Balaban J connectivity index is 1.98. The minimum Gasteiger partial charge on any atom is -0.323 e. The minimum absolute atomic E-state index is 0.0214. The summed E-state index contributed by atoms with van der Waals surface area (Å²) in [5.74, 6) is 0.791. The van der Waals surface area contributed by atoms with Crippen LogP contribution in [0.15, 0.2) is 36.8 Å². The minimum atomic E-state index is 0.0214. The molecule has 0 aliphatic heterocycles. The molecule has 5 heteroatoms. The number of unbranched alkanes of at least 4 members (excludes halogenated alkanes) is 1. The van der Waals surface area contributed by atoms with Crippen LogP contribution < -0.4 is 5.32 Å². The van der Waals surface area contributed by atoms with Gasteiger partial charge >= 0.3 is 0 Å². The van der Waals surface area contributed by atoms with Crippen LogP contribution in [-0.4, -0.2) is 20.7 Å². The molecule has 2 aromatic rings. The highest BCUT2D eigenvalue weighted by molar-refractivity contribution is 5.92. The second-order valence-electron chi connectivity index (χ2n) is 4.89. The Hall–Kier alpha value is -2.17. The number of nitrogens with one attached hydrogen (secondary N) is 1. The van der Waals surface area contributed by atoms with Gasteiger partial charge in [-0.2, -0.15) is 5.10 Å². The summed E-state index contributed by atoms with van der Waals surface area (Å²) in [5, 5.41) is 7.09. The molecule has 0 fully saturated rings. The first kappa shape index (κ1) is 14.2. The van der Waals surface area contributed by atoms with E-state index in [1.54, 1.807) is 23.3 Å². The summed E-state index contributed by atoms with van der Waals surface area (Å²) >= 11 is 0. The number of pyridine rings is 1. The third-order valence-corrected chi connectivity index (χ3v) is 3.17. The molecule has 0 aromatic carbocycles. The van der Waals surface area contributed by atoms with Crippen molar-refractivity contribution in [2.45, 2.75) is 33.1 Å². The molecule has 0 spiro atoms. The van der Waals surface area contributed by atoms with Crippen LogP contribution in [-0.2, 0) is 4.79 Å². The number of rotatable bonds is 6. The van der Waals surface area contributed by atoms with Crippen LogP contribution in [0.2, 0.25) is 0 Å². The van der Waals surface area contributed by atoms with Gasteiger partial charge in [0.2, 0.25) is 5.91 Å². The molecule has 20 heavy (non-hydrogen) atoms. The lowest BCUT2D eigenvalue weighted by atomic mass is 10.0. The van der Waals surface area contributed by atoms with E-state index in [-0.39, 0.29) is 11.8 Å².